The van der Waals surface area contributed by atoms with Crippen molar-refractivity contribution in [2.45, 2.75) is 0 Å². The maximum absolute atomic E-state index is 11.5. The van der Waals surface area contributed by atoms with E-state index < -0.39 is 0 Å². The summed E-state index contributed by atoms with van der Waals surface area (Å²) in [5, 5.41) is 0. The third-order valence-electron chi connectivity index (χ3n) is 1.95. The molecule has 5 heteroatoms. The van der Waals surface area contributed by atoms with Gasteiger partial charge < -0.3 is 14.5 Å². The number of carbonyl (C=O) groups is 1. The third kappa shape index (κ3) is 3.31. The fourth-order valence-electron chi connectivity index (χ4n) is 1.14. The van der Waals surface area contributed by atoms with Crippen molar-refractivity contribution < 1.29 is 9.53 Å². The van der Waals surface area contributed by atoms with Crippen molar-refractivity contribution in [2.75, 3.05) is 40.4 Å². The fraction of sp³-hybridized carbons (Fsp3) is 0.667. The van der Waals surface area contributed by atoms with Gasteiger partial charge in [-0.05, 0) is 15.9 Å². The SMILES string of the molecule is CN(C)C(=O)/C(Br)=C/N1CCOCC1. The van der Waals surface area contributed by atoms with Gasteiger partial charge in [-0.25, -0.2) is 0 Å². The van der Waals surface area contributed by atoms with Gasteiger partial charge in [0.25, 0.3) is 5.91 Å². The molecule has 1 fully saturated rings. The predicted molar refractivity (Wildman–Crippen MR) is 58.1 cm³/mol. The number of amides is 1. The quantitative estimate of drug-likeness (QED) is 0.685. The van der Waals surface area contributed by atoms with Crippen molar-refractivity contribution >= 4 is 21.8 Å². The molecule has 0 atom stereocenters. The van der Waals surface area contributed by atoms with Gasteiger partial charge >= 0.3 is 0 Å². The lowest BCUT2D eigenvalue weighted by molar-refractivity contribution is -0.124. The van der Waals surface area contributed by atoms with Crippen LogP contribution in [0.5, 0.6) is 0 Å². The molecule has 0 aromatic rings. The summed E-state index contributed by atoms with van der Waals surface area (Å²) in [6, 6.07) is 0. The number of hydrogen-bond acceptors (Lipinski definition) is 3. The van der Waals surface area contributed by atoms with E-state index in [1.807, 2.05) is 6.20 Å². The summed E-state index contributed by atoms with van der Waals surface area (Å²) in [7, 11) is 3.47. The molecule has 0 unspecified atom stereocenters. The van der Waals surface area contributed by atoms with E-state index in [-0.39, 0.29) is 5.91 Å². The molecular formula is C9H15BrN2O2. The third-order valence-corrected chi connectivity index (χ3v) is 2.50. The minimum atomic E-state index is -0.0171. The maximum atomic E-state index is 11.5. The van der Waals surface area contributed by atoms with Gasteiger partial charge in [0.1, 0.15) is 0 Å². The van der Waals surface area contributed by atoms with Gasteiger partial charge in [-0.1, -0.05) is 0 Å². The molecule has 4 nitrogen and oxygen atoms in total. The zero-order valence-corrected chi connectivity index (χ0v) is 10.1. The van der Waals surface area contributed by atoms with Crippen LogP contribution >= 0.6 is 15.9 Å². The lowest BCUT2D eigenvalue weighted by Crippen LogP contribution is -2.33. The van der Waals surface area contributed by atoms with Crippen LogP contribution in [0.2, 0.25) is 0 Å². The highest BCUT2D eigenvalue weighted by atomic mass is 79.9. The molecule has 0 N–H and O–H groups in total. The highest BCUT2D eigenvalue weighted by molar-refractivity contribution is 9.12. The van der Waals surface area contributed by atoms with Gasteiger partial charge in [-0.15, -0.1) is 0 Å². The van der Waals surface area contributed by atoms with E-state index in [9.17, 15) is 4.79 Å². The van der Waals surface area contributed by atoms with Crippen LogP contribution < -0.4 is 0 Å². The normalized spacial score (nSPS) is 18.2. The Hall–Kier alpha value is -0.550. The Balaban J connectivity index is 2.53. The number of nitrogens with zero attached hydrogens (tertiary/aromatic N) is 2. The minimum Gasteiger partial charge on any atom is -0.378 e. The molecule has 0 aromatic carbocycles. The van der Waals surface area contributed by atoms with Crippen molar-refractivity contribution in [2.24, 2.45) is 0 Å². The molecule has 1 aliphatic rings. The highest BCUT2D eigenvalue weighted by Gasteiger charge is 2.12. The molecule has 0 saturated carbocycles. The van der Waals surface area contributed by atoms with Crippen LogP contribution in [0.1, 0.15) is 0 Å². The summed E-state index contributed by atoms with van der Waals surface area (Å²) in [4.78, 5) is 15.1. The molecule has 0 radical (unpaired) electrons. The second-order valence-electron chi connectivity index (χ2n) is 3.32. The summed E-state index contributed by atoms with van der Waals surface area (Å²) in [5.74, 6) is -0.0171. The molecule has 1 amide bonds. The Kier molecular flexibility index (Phi) is 4.41. The Bertz CT molecular complexity index is 235. The van der Waals surface area contributed by atoms with Crippen molar-refractivity contribution in [3.05, 3.63) is 10.7 Å². The van der Waals surface area contributed by atoms with Crippen molar-refractivity contribution in [3.8, 4) is 0 Å². The predicted octanol–water partition coefficient (Wildman–Crippen LogP) is 0.643. The van der Waals surface area contributed by atoms with E-state index in [0.717, 1.165) is 26.3 Å². The number of ether oxygens (including phenoxy) is 1. The van der Waals surface area contributed by atoms with Crippen molar-refractivity contribution in [1.29, 1.82) is 0 Å². The van der Waals surface area contributed by atoms with E-state index in [4.69, 9.17) is 4.74 Å². The Morgan fingerprint density at radius 2 is 2.00 bits per heavy atom. The Labute approximate surface area is 92.6 Å². The average Bonchev–Trinajstić information content (AvgIpc) is 2.18. The van der Waals surface area contributed by atoms with E-state index in [0.29, 0.717) is 4.48 Å². The molecule has 1 rings (SSSR count). The molecule has 80 valence electrons. The number of carbonyl (C=O) groups excluding carboxylic acids is 1. The minimum absolute atomic E-state index is 0.0171. The number of morpholine rings is 1. The monoisotopic (exact) mass is 262 g/mol. The number of likely N-dealkylation sites (N-methyl/N-ethyl adjacent to an activating group) is 1. The lowest BCUT2D eigenvalue weighted by atomic mass is 10.4. The molecule has 0 spiro atoms. The molecule has 1 aliphatic heterocycles. The fourth-order valence-corrected chi connectivity index (χ4v) is 1.78. The first-order valence-electron chi connectivity index (χ1n) is 4.52. The van der Waals surface area contributed by atoms with Crippen LogP contribution in [0.25, 0.3) is 0 Å². The zero-order chi connectivity index (χ0) is 10.6. The van der Waals surface area contributed by atoms with E-state index in [1.165, 1.54) is 0 Å². The lowest BCUT2D eigenvalue weighted by Gasteiger charge is -2.25. The maximum Gasteiger partial charge on any atom is 0.261 e. The summed E-state index contributed by atoms with van der Waals surface area (Å²) in [6.07, 6.45) is 1.84. The van der Waals surface area contributed by atoms with E-state index in [1.54, 1.807) is 19.0 Å². The molecule has 0 aliphatic carbocycles. The summed E-state index contributed by atoms with van der Waals surface area (Å²) in [5.41, 5.74) is 0. The first kappa shape index (κ1) is 11.5. The van der Waals surface area contributed by atoms with Crippen LogP contribution in [-0.4, -0.2) is 56.1 Å². The first-order valence-corrected chi connectivity index (χ1v) is 5.31. The second-order valence-corrected chi connectivity index (χ2v) is 4.18. The van der Waals surface area contributed by atoms with Crippen LogP contribution in [0, 0.1) is 0 Å². The number of halogens is 1. The van der Waals surface area contributed by atoms with Gasteiger partial charge in [0.2, 0.25) is 0 Å². The van der Waals surface area contributed by atoms with Gasteiger partial charge in [0.05, 0.1) is 17.7 Å². The summed E-state index contributed by atoms with van der Waals surface area (Å²) >= 11 is 3.27. The van der Waals surface area contributed by atoms with Gasteiger partial charge in [0.15, 0.2) is 0 Å². The van der Waals surface area contributed by atoms with Crippen molar-refractivity contribution in [3.63, 3.8) is 0 Å². The standard InChI is InChI=1S/C9H15BrN2O2/c1-11(2)9(13)8(10)7-12-3-5-14-6-4-12/h7H,3-6H2,1-2H3/b8-7-. The van der Waals surface area contributed by atoms with Gasteiger partial charge in [-0.2, -0.15) is 0 Å². The van der Waals surface area contributed by atoms with Crippen molar-refractivity contribution in [1.82, 2.24) is 9.80 Å². The highest BCUT2D eigenvalue weighted by Crippen LogP contribution is 2.10. The number of hydrogen-bond donors (Lipinski definition) is 0. The average molecular weight is 263 g/mol. The first-order chi connectivity index (χ1) is 6.61. The molecular weight excluding hydrogens is 248 g/mol. The largest absolute Gasteiger partial charge is 0.378 e. The molecule has 1 heterocycles. The molecule has 1 saturated heterocycles. The Morgan fingerprint density at radius 3 is 2.50 bits per heavy atom. The topological polar surface area (TPSA) is 32.8 Å². The van der Waals surface area contributed by atoms with Crippen LogP contribution in [0.15, 0.2) is 10.7 Å². The Morgan fingerprint density at radius 1 is 1.43 bits per heavy atom. The summed E-state index contributed by atoms with van der Waals surface area (Å²) < 4.78 is 5.80. The van der Waals surface area contributed by atoms with E-state index in [2.05, 4.69) is 20.8 Å². The van der Waals surface area contributed by atoms with Crippen LogP contribution in [0.3, 0.4) is 0 Å². The smallest absolute Gasteiger partial charge is 0.261 e. The van der Waals surface area contributed by atoms with Gasteiger partial charge in [-0.3, -0.25) is 4.79 Å². The molecule has 14 heavy (non-hydrogen) atoms. The van der Waals surface area contributed by atoms with Gasteiger partial charge in [0, 0.05) is 33.4 Å². The van der Waals surface area contributed by atoms with Crippen LogP contribution in [0.4, 0.5) is 0 Å². The second kappa shape index (κ2) is 5.36. The molecule has 0 bridgehead atoms. The van der Waals surface area contributed by atoms with Crippen LogP contribution in [-0.2, 0) is 9.53 Å². The van der Waals surface area contributed by atoms with E-state index >= 15 is 0 Å². The molecule has 0 aromatic heterocycles. The zero-order valence-electron chi connectivity index (χ0n) is 8.49. The number of rotatable bonds is 2. The summed E-state index contributed by atoms with van der Waals surface area (Å²) in [6.45, 7) is 3.14.